The number of carbonyl (C=O) groups excluding carboxylic acids is 2. The minimum absolute atomic E-state index is 0.561. The van der Waals surface area contributed by atoms with E-state index in [9.17, 15) is 9.59 Å². The summed E-state index contributed by atoms with van der Waals surface area (Å²) in [7, 11) is 1.28. The lowest BCUT2D eigenvalue weighted by molar-refractivity contribution is -0.148. The molecule has 5 nitrogen and oxygen atoms in total. The maximum absolute atomic E-state index is 12.0. The van der Waals surface area contributed by atoms with Gasteiger partial charge >= 0.3 is 12.1 Å². The average molecular weight is 279 g/mol. The topological polar surface area (TPSA) is 64.6 Å². The fourth-order valence-corrected chi connectivity index (χ4v) is 1.72. The number of amides is 1. The summed E-state index contributed by atoms with van der Waals surface area (Å²) >= 11 is 0. The first-order valence-electron chi connectivity index (χ1n) is 6.34. The zero-order valence-corrected chi connectivity index (χ0v) is 12.5. The Kier molecular flexibility index (Phi) is 4.76. The van der Waals surface area contributed by atoms with Crippen molar-refractivity contribution in [2.45, 2.75) is 38.8 Å². The second kappa shape index (κ2) is 5.94. The van der Waals surface area contributed by atoms with Gasteiger partial charge in [0.1, 0.15) is 5.60 Å². The van der Waals surface area contributed by atoms with Crippen molar-refractivity contribution in [2.75, 3.05) is 7.11 Å². The molecule has 0 heterocycles. The Balaban J connectivity index is 3.02. The summed E-state index contributed by atoms with van der Waals surface area (Å²) in [4.78, 5) is 24.0. The molecular weight excluding hydrogens is 258 g/mol. The standard InChI is InChI=1S/C15H21NO4/c1-14(2,3)20-13(18)16-15(4,12(17)19-5)11-9-7-6-8-10-11/h6-10H,1-5H3,(H,16,18)/t15-/m0/s1. The summed E-state index contributed by atoms with van der Waals surface area (Å²) in [5, 5.41) is 2.58. The van der Waals surface area contributed by atoms with Gasteiger partial charge in [0.05, 0.1) is 7.11 Å². The van der Waals surface area contributed by atoms with Gasteiger partial charge in [0.25, 0.3) is 0 Å². The molecule has 20 heavy (non-hydrogen) atoms. The lowest BCUT2D eigenvalue weighted by Gasteiger charge is -2.30. The van der Waals surface area contributed by atoms with Crippen LogP contribution in [0.4, 0.5) is 4.79 Å². The third-order valence-corrected chi connectivity index (χ3v) is 2.70. The van der Waals surface area contributed by atoms with Gasteiger partial charge in [-0.25, -0.2) is 9.59 Å². The van der Waals surface area contributed by atoms with E-state index in [2.05, 4.69) is 5.32 Å². The first-order valence-corrected chi connectivity index (χ1v) is 6.34. The van der Waals surface area contributed by atoms with Crippen molar-refractivity contribution in [3.05, 3.63) is 35.9 Å². The lowest BCUT2D eigenvalue weighted by atomic mass is 9.92. The summed E-state index contributed by atoms with van der Waals surface area (Å²) in [5.41, 5.74) is -1.31. The molecule has 1 N–H and O–H groups in total. The van der Waals surface area contributed by atoms with Crippen molar-refractivity contribution in [1.82, 2.24) is 5.32 Å². The summed E-state index contributed by atoms with van der Waals surface area (Å²) in [6.45, 7) is 6.85. The highest BCUT2D eigenvalue weighted by atomic mass is 16.6. The second-order valence-electron chi connectivity index (χ2n) is 5.61. The molecule has 0 fully saturated rings. The monoisotopic (exact) mass is 279 g/mol. The van der Waals surface area contributed by atoms with Crippen molar-refractivity contribution in [3.63, 3.8) is 0 Å². The van der Waals surface area contributed by atoms with Crippen molar-refractivity contribution in [3.8, 4) is 0 Å². The second-order valence-corrected chi connectivity index (χ2v) is 5.61. The van der Waals surface area contributed by atoms with Gasteiger partial charge in [0, 0.05) is 0 Å². The molecule has 1 aromatic carbocycles. The van der Waals surface area contributed by atoms with E-state index in [1.54, 1.807) is 52.0 Å². The van der Waals surface area contributed by atoms with Crippen LogP contribution in [0.3, 0.4) is 0 Å². The molecule has 0 spiro atoms. The van der Waals surface area contributed by atoms with Crippen LogP contribution in [-0.2, 0) is 19.8 Å². The van der Waals surface area contributed by atoms with Crippen LogP contribution >= 0.6 is 0 Å². The normalized spacial score (nSPS) is 14.1. The lowest BCUT2D eigenvalue weighted by Crippen LogP contribution is -2.51. The predicted octanol–water partition coefficient (Wildman–Crippen LogP) is 2.60. The molecule has 1 atom stereocenters. The molecule has 110 valence electrons. The van der Waals surface area contributed by atoms with E-state index in [1.807, 2.05) is 6.07 Å². The van der Waals surface area contributed by atoms with E-state index < -0.39 is 23.2 Å². The van der Waals surface area contributed by atoms with Crippen LogP contribution in [0.25, 0.3) is 0 Å². The fourth-order valence-electron chi connectivity index (χ4n) is 1.72. The van der Waals surface area contributed by atoms with Gasteiger partial charge in [0.15, 0.2) is 5.54 Å². The van der Waals surface area contributed by atoms with Gasteiger partial charge in [-0.05, 0) is 33.3 Å². The number of hydrogen-bond donors (Lipinski definition) is 1. The number of ether oxygens (including phenoxy) is 2. The molecule has 0 unspecified atom stereocenters. The highest BCUT2D eigenvalue weighted by molar-refractivity contribution is 5.86. The van der Waals surface area contributed by atoms with Crippen molar-refractivity contribution < 1.29 is 19.1 Å². The molecule has 1 amide bonds. The van der Waals surface area contributed by atoms with Crippen LogP contribution in [0.15, 0.2) is 30.3 Å². The SMILES string of the molecule is COC(=O)[C@@](C)(NC(=O)OC(C)(C)C)c1ccccc1. The third kappa shape index (κ3) is 3.98. The van der Waals surface area contributed by atoms with E-state index >= 15 is 0 Å². The largest absolute Gasteiger partial charge is 0.467 e. The smallest absolute Gasteiger partial charge is 0.408 e. The fraction of sp³-hybridized carbons (Fsp3) is 0.467. The van der Waals surface area contributed by atoms with Crippen LogP contribution < -0.4 is 5.32 Å². The number of rotatable bonds is 3. The minimum atomic E-state index is -1.29. The van der Waals surface area contributed by atoms with Crippen LogP contribution in [0.5, 0.6) is 0 Å². The summed E-state index contributed by atoms with van der Waals surface area (Å²) < 4.78 is 9.98. The van der Waals surface area contributed by atoms with Crippen molar-refractivity contribution in [1.29, 1.82) is 0 Å². The number of nitrogens with one attached hydrogen (secondary N) is 1. The molecule has 0 saturated heterocycles. The van der Waals surface area contributed by atoms with Gasteiger partial charge in [-0.3, -0.25) is 0 Å². The Morgan fingerprint density at radius 2 is 1.60 bits per heavy atom. The van der Waals surface area contributed by atoms with Crippen LogP contribution in [-0.4, -0.2) is 24.8 Å². The third-order valence-electron chi connectivity index (χ3n) is 2.70. The van der Waals surface area contributed by atoms with Crippen LogP contribution in [0.1, 0.15) is 33.3 Å². The number of esters is 1. The minimum Gasteiger partial charge on any atom is -0.467 e. The van der Waals surface area contributed by atoms with Gasteiger partial charge in [-0.1, -0.05) is 30.3 Å². The molecule has 0 bridgehead atoms. The Bertz CT molecular complexity index is 478. The van der Waals surface area contributed by atoms with Crippen molar-refractivity contribution in [2.24, 2.45) is 0 Å². The first kappa shape index (κ1) is 16.0. The molecule has 0 aliphatic heterocycles. The Labute approximate surface area is 119 Å². The molecule has 0 saturated carbocycles. The van der Waals surface area contributed by atoms with E-state index in [0.29, 0.717) is 5.56 Å². The Morgan fingerprint density at radius 3 is 2.05 bits per heavy atom. The summed E-state index contributed by atoms with van der Waals surface area (Å²) in [6.07, 6.45) is -0.672. The van der Waals surface area contributed by atoms with Gasteiger partial charge in [0.2, 0.25) is 0 Å². The molecule has 1 aromatic rings. The molecule has 0 aromatic heterocycles. The van der Waals surface area contributed by atoms with Gasteiger partial charge < -0.3 is 14.8 Å². The number of hydrogen-bond acceptors (Lipinski definition) is 4. The summed E-state index contributed by atoms with van der Waals surface area (Å²) in [5.74, 6) is -0.561. The molecule has 0 aliphatic carbocycles. The van der Waals surface area contributed by atoms with Gasteiger partial charge in [-0.2, -0.15) is 0 Å². The molecule has 0 aliphatic rings. The quantitative estimate of drug-likeness (QED) is 0.864. The zero-order chi connectivity index (χ0) is 15.4. The van der Waals surface area contributed by atoms with Gasteiger partial charge in [-0.15, -0.1) is 0 Å². The maximum atomic E-state index is 12.0. The number of carbonyl (C=O) groups is 2. The highest BCUT2D eigenvalue weighted by Gasteiger charge is 2.39. The van der Waals surface area contributed by atoms with Crippen molar-refractivity contribution >= 4 is 12.1 Å². The number of alkyl carbamates (subject to hydrolysis) is 1. The molecule has 5 heteroatoms. The van der Waals surface area contributed by atoms with E-state index in [0.717, 1.165) is 0 Å². The van der Waals surface area contributed by atoms with E-state index in [1.165, 1.54) is 7.11 Å². The number of methoxy groups -OCH3 is 1. The Morgan fingerprint density at radius 1 is 1.05 bits per heavy atom. The average Bonchev–Trinajstić information content (AvgIpc) is 2.36. The zero-order valence-electron chi connectivity index (χ0n) is 12.5. The molecule has 1 rings (SSSR count). The Hall–Kier alpha value is -2.04. The highest BCUT2D eigenvalue weighted by Crippen LogP contribution is 2.23. The first-order chi connectivity index (χ1) is 9.19. The molecular formula is C15H21NO4. The maximum Gasteiger partial charge on any atom is 0.408 e. The van der Waals surface area contributed by atoms with E-state index in [4.69, 9.17) is 9.47 Å². The number of benzene rings is 1. The summed E-state index contributed by atoms with van der Waals surface area (Å²) in [6, 6.07) is 8.89. The van der Waals surface area contributed by atoms with Crippen LogP contribution in [0, 0.1) is 0 Å². The van der Waals surface area contributed by atoms with Crippen LogP contribution in [0.2, 0.25) is 0 Å². The predicted molar refractivity (Wildman–Crippen MR) is 75.2 cm³/mol. The van der Waals surface area contributed by atoms with E-state index in [-0.39, 0.29) is 0 Å². The molecule has 0 radical (unpaired) electrons.